The third-order valence-corrected chi connectivity index (χ3v) is 2.79. The molecule has 2 rings (SSSR count). The van der Waals surface area contributed by atoms with Gasteiger partial charge in [0.15, 0.2) is 0 Å². The molecule has 1 aromatic carbocycles. The van der Waals surface area contributed by atoms with E-state index >= 15 is 0 Å². The molecule has 0 aliphatic heterocycles. The van der Waals surface area contributed by atoms with Crippen LogP contribution in [0.4, 0.5) is 10.5 Å². The molecule has 0 saturated heterocycles. The first-order valence-corrected chi connectivity index (χ1v) is 5.78. The lowest BCUT2D eigenvalue weighted by Crippen LogP contribution is -2.16. The highest BCUT2D eigenvalue weighted by Crippen LogP contribution is 2.29. The fourth-order valence-electron chi connectivity index (χ4n) is 1.22. The number of hydrogen-bond donors (Lipinski definition) is 2. The van der Waals surface area contributed by atoms with Gasteiger partial charge < -0.3 is 9.84 Å². The minimum atomic E-state index is -0.693. The number of fused-ring (bicyclic) bond motifs is 1. The van der Waals surface area contributed by atoms with Crippen LogP contribution in [0.25, 0.3) is 11.0 Å². The van der Waals surface area contributed by atoms with E-state index < -0.39 is 6.09 Å². The second-order valence-corrected chi connectivity index (χ2v) is 3.97. The van der Waals surface area contributed by atoms with Crippen LogP contribution in [0.2, 0.25) is 5.02 Å². The third kappa shape index (κ3) is 2.63. The van der Waals surface area contributed by atoms with Crippen LogP contribution in [-0.4, -0.2) is 33.2 Å². The van der Waals surface area contributed by atoms with E-state index in [1.54, 1.807) is 12.1 Å². The summed E-state index contributed by atoms with van der Waals surface area (Å²) in [4.78, 5) is 11.3. The van der Waals surface area contributed by atoms with Gasteiger partial charge in [0.2, 0.25) is 0 Å². The van der Waals surface area contributed by atoms with Gasteiger partial charge in [-0.05, 0) is 12.1 Å². The van der Waals surface area contributed by atoms with E-state index in [-0.39, 0.29) is 13.2 Å². The average Bonchev–Trinajstić information content (AvgIpc) is 2.78. The first kappa shape index (κ1) is 12.0. The Morgan fingerprint density at radius 1 is 1.53 bits per heavy atom. The molecule has 0 atom stereocenters. The number of halogens is 1. The van der Waals surface area contributed by atoms with E-state index in [4.69, 9.17) is 16.7 Å². The molecule has 0 spiro atoms. The first-order valence-electron chi connectivity index (χ1n) is 4.68. The normalized spacial score (nSPS) is 10.5. The zero-order valence-electron chi connectivity index (χ0n) is 8.51. The highest BCUT2D eigenvalue weighted by molar-refractivity contribution is 7.00. The Morgan fingerprint density at radius 2 is 2.35 bits per heavy atom. The van der Waals surface area contributed by atoms with Gasteiger partial charge in [-0.3, -0.25) is 5.32 Å². The molecular formula is C9H8ClN3O3S. The number of benzene rings is 1. The van der Waals surface area contributed by atoms with E-state index in [2.05, 4.69) is 18.8 Å². The van der Waals surface area contributed by atoms with Crippen molar-refractivity contribution < 1.29 is 14.6 Å². The highest BCUT2D eigenvalue weighted by Gasteiger charge is 2.13. The summed E-state index contributed by atoms with van der Waals surface area (Å²) < 4.78 is 12.7. The maximum atomic E-state index is 11.3. The van der Waals surface area contributed by atoms with E-state index in [9.17, 15) is 4.79 Å². The Labute approximate surface area is 105 Å². The second kappa shape index (κ2) is 5.26. The number of hydrogen-bond acceptors (Lipinski definition) is 6. The number of anilines is 1. The van der Waals surface area contributed by atoms with Gasteiger partial charge in [-0.25, -0.2) is 4.79 Å². The molecular weight excluding hydrogens is 266 g/mol. The summed E-state index contributed by atoms with van der Waals surface area (Å²) in [5, 5.41) is 11.3. The largest absolute Gasteiger partial charge is 0.447 e. The van der Waals surface area contributed by atoms with Crippen molar-refractivity contribution >= 4 is 46.1 Å². The molecule has 8 heteroatoms. The predicted molar refractivity (Wildman–Crippen MR) is 64.5 cm³/mol. The van der Waals surface area contributed by atoms with Gasteiger partial charge in [0.25, 0.3) is 0 Å². The molecule has 2 N–H and O–H groups in total. The van der Waals surface area contributed by atoms with Crippen molar-refractivity contribution in [3.8, 4) is 0 Å². The van der Waals surface area contributed by atoms with Gasteiger partial charge in [0.1, 0.15) is 17.6 Å². The molecule has 0 radical (unpaired) electrons. The fraction of sp³-hybridized carbons (Fsp3) is 0.222. The van der Waals surface area contributed by atoms with E-state index in [0.29, 0.717) is 21.7 Å². The maximum Gasteiger partial charge on any atom is 0.411 e. The summed E-state index contributed by atoms with van der Waals surface area (Å²) >= 11 is 6.99. The monoisotopic (exact) mass is 273 g/mol. The predicted octanol–water partition coefficient (Wildman–Crippen LogP) is 1.89. The van der Waals surface area contributed by atoms with Crippen molar-refractivity contribution in [1.82, 2.24) is 8.75 Å². The molecule has 0 aliphatic carbocycles. The van der Waals surface area contributed by atoms with Crippen LogP contribution in [0.5, 0.6) is 0 Å². The number of aromatic nitrogens is 2. The Kier molecular flexibility index (Phi) is 3.72. The Balaban J connectivity index is 2.25. The summed E-state index contributed by atoms with van der Waals surface area (Å²) in [7, 11) is 0. The molecule has 0 aliphatic rings. The minimum Gasteiger partial charge on any atom is -0.447 e. The van der Waals surface area contributed by atoms with Crippen LogP contribution in [0.3, 0.4) is 0 Å². The quantitative estimate of drug-likeness (QED) is 0.892. The lowest BCUT2D eigenvalue weighted by Gasteiger charge is -2.07. The zero-order chi connectivity index (χ0) is 12.3. The summed E-state index contributed by atoms with van der Waals surface area (Å²) in [6, 6.07) is 3.33. The molecule has 0 saturated carbocycles. The van der Waals surface area contributed by atoms with Crippen LogP contribution < -0.4 is 5.32 Å². The van der Waals surface area contributed by atoms with Gasteiger partial charge in [-0.15, -0.1) is 0 Å². The van der Waals surface area contributed by atoms with E-state index in [1.807, 2.05) is 0 Å². The second-order valence-electron chi connectivity index (χ2n) is 3.04. The van der Waals surface area contributed by atoms with Gasteiger partial charge in [0.05, 0.1) is 29.0 Å². The lowest BCUT2D eigenvalue weighted by atomic mass is 10.2. The molecule has 0 unspecified atom stereocenters. The zero-order valence-corrected chi connectivity index (χ0v) is 10.1. The SMILES string of the molecule is O=C(Nc1c(Cl)ccc2nsnc12)OCCO. The summed E-state index contributed by atoms with van der Waals surface area (Å²) in [6.07, 6.45) is -0.693. The Hall–Kier alpha value is -1.44. The first-order chi connectivity index (χ1) is 8.22. The standard InChI is InChI=1S/C9H8ClN3O3S/c10-5-1-2-6-8(13-17-12-6)7(5)11-9(15)16-4-3-14/h1-2,14H,3-4H2,(H,11,15). The topological polar surface area (TPSA) is 84.3 Å². The Bertz CT molecular complexity index is 545. The molecule has 90 valence electrons. The van der Waals surface area contributed by atoms with Crippen LogP contribution >= 0.6 is 23.3 Å². The van der Waals surface area contributed by atoms with Crippen LogP contribution in [-0.2, 0) is 4.74 Å². The van der Waals surface area contributed by atoms with Crippen molar-refractivity contribution in [2.24, 2.45) is 0 Å². The van der Waals surface area contributed by atoms with Crippen molar-refractivity contribution in [3.05, 3.63) is 17.2 Å². The van der Waals surface area contributed by atoms with Crippen molar-refractivity contribution in [3.63, 3.8) is 0 Å². The number of carbonyl (C=O) groups excluding carboxylic acids is 1. The lowest BCUT2D eigenvalue weighted by molar-refractivity contribution is 0.131. The molecule has 17 heavy (non-hydrogen) atoms. The summed E-state index contributed by atoms with van der Waals surface area (Å²) in [5.74, 6) is 0. The Morgan fingerprint density at radius 3 is 3.12 bits per heavy atom. The number of amides is 1. The third-order valence-electron chi connectivity index (χ3n) is 1.93. The van der Waals surface area contributed by atoms with Crippen LogP contribution in [0.15, 0.2) is 12.1 Å². The van der Waals surface area contributed by atoms with Crippen molar-refractivity contribution in [2.45, 2.75) is 0 Å². The molecule has 1 amide bonds. The molecule has 6 nitrogen and oxygen atoms in total. The summed E-state index contributed by atoms with van der Waals surface area (Å²) in [5.41, 5.74) is 1.53. The fourth-order valence-corrected chi connectivity index (χ4v) is 1.96. The van der Waals surface area contributed by atoms with Crippen molar-refractivity contribution in [2.75, 3.05) is 18.5 Å². The number of aliphatic hydroxyl groups excluding tert-OH is 1. The molecule has 0 fully saturated rings. The molecule has 1 aromatic heterocycles. The van der Waals surface area contributed by atoms with E-state index in [1.165, 1.54) is 0 Å². The number of nitrogens with zero attached hydrogens (tertiary/aromatic N) is 2. The highest BCUT2D eigenvalue weighted by atomic mass is 35.5. The smallest absolute Gasteiger partial charge is 0.411 e. The molecule has 1 heterocycles. The van der Waals surface area contributed by atoms with Gasteiger partial charge in [-0.2, -0.15) is 8.75 Å². The number of nitrogens with one attached hydrogen (secondary N) is 1. The number of ether oxygens (including phenoxy) is 1. The van der Waals surface area contributed by atoms with Gasteiger partial charge in [-0.1, -0.05) is 11.6 Å². The minimum absolute atomic E-state index is 0.0747. The van der Waals surface area contributed by atoms with Crippen LogP contribution in [0, 0.1) is 0 Å². The molecule has 0 bridgehead atoms. The number of aliphatic hydroxyl groups is 1. The van der Waals surface area contributed by atoms with Crippen LogP contribution in [0.1, 0.15) is 0 Å². The summed E-state index contributed by atoms with van der Waals surface area (Å²) in [6.45, 7) is -0.307. The maximum absolute atomic E-state index is 11.3. The molecule has 2 aromatic rings. The number of carbonyl (C=O) groups is 1. The van der Waals surface area contributed by atoms with Gasteiger partial charge in [0, 0.05) is 0 Å². The number of rotatable bonds is 3. The average molecular weight is 274 g/mol. The van der Waals surface area contributed by atoms with E-state index in [0.717, 1.165) is 11.7 Å². The van der Waals surface area contributed by atoms with Gasteiger partial charge >= 0.3 is 6.09 Å². The van der Waals surface area contributed by atoms with Crippen molar-refractivity contribution in [1.29, 1.82) is 0 Å².